The van der Waals surface area contributed by atoms with Crippen LogP contribution in [0.3, 0.4) is 0 Å². The molecular weight excluding hydrogens is 304 g/mol. The number of nitrogens with zero attached hydrogens (tertiary/aromatic N) is 1. The SMILES string of the molecule is Cc1noc(C)c1CCC(=O)NCCOc1ccc2c(c1)CCC2. The molecule has 1 heterocycles. The highest BCUT2D eigenvalue weighted by molar-refractivity contribution is 5.76. The number of fused-ring (bicyclic) bond motifs is 1. The summed E-state index contributed by atoms with van der Waals surface area (Å²) in [6.07, 6.45) is 4.64. The van der Waals surface area contributed by atoms with Gasteiger partial charge in [0.05, 0.1) is 12.2 Å². The monoisotopic (exact) mass is 328 g/mol. The molecule has 24 heavy (non-hydrogen) atoms. The van der Waals surface area contributed by atoms with Crippen LogP contribution < -0.4 is 10.1 Å². The molecule has 0 saturated carbocycles. The van der Waals surface area contributed by atoms with Crippen molar-refractivity contribution in [3.05, 3.63) is 46.3 Å². The van der Waals surface area contributed by atoms with E-state index in [-0.39, 0.29) is 5.91 Å². The molecule has 0 bridgehead atoms. The van der Waals surface area contributed by atoms with Gasteiger partial charge in [-0.05, 0) is 62.8 Å². The molecule has 3 rings (SSSR count). The predicted molar refractivity (Wildman–Crippen MR) is 91.3 cm³/mol. The minimum Gasteiger partial charge on any atom is -0.492 e. The maximum absolute atomic E-state index is 11.9. The fourth-order valence-electron chi connectivity index (χ4n) is 3.18. The summed E-state index contributed by atoms with van der Waals surface area (Å²) < 4.78 is 10.8. The van der Waals surface area contributed by atoms with Crippen molar-refractivity contribution in [1.82, 2.24) is 10.5 Å². The van der Waals surface area contributed by atoms with Gasteiger partial charge in [-0.15, -0.1) is 0 Å². The first-order chi connectivity index (χ1) is 11.6. The molecular formula is C19H24N2O3. The number of carbonyl (C=O) groups excluding carboxylic acids is 1. The van der Waals surface area contributed by atoms with Gasteiger partial charge in [0.1, 0.15) is 18.1 Å². The number of ether oxygens (including phenoxy) is 1. The Balaban J connectivity index is 1.36. The van der Waals surface area contributed by atoms with E-state index < -0.39 is 0 Å². The van der Waals surface area contributed by atoms with E-state index in [1.165, 1.54) is 24.0 Å². The Bertz CT molecular complexity index is 702. The van der Waals surface area contributed by atoms with Crippen LogP contribution in [0.5, 0.6) is 5.75 Å². The maximum atomic E-state index is 11.9. The van der Waals surface area contributed by atoms with Gasteiger partial charge in [0.15, 0.2) is 0 Å². The van der Waals surface area contributed by atoms with Crippen molar-refractivity contribution in [3.8, 4) is 5.75 Å². The second kappa shape index (κ2) is 7.51. The quantitative estimate of drug-likeness (QED) is 0.794. The number of carbonyl (C=O) groups is 1. The number of aryl methyl sites for hydroxylation is 4. The van der Waals surface area contributed by atoms with Crippen LogP contribution in [0.1, 0.15) is 41.0 Å². The standard InChI is InChI=1S/C19H24N2O3/c1-13-18(14(2)24-21-13)8-9-19(22)20-10-11-23-17-7-6-15-4-3-5-16(15)12-17/h6-7,12H,3-5,8-11H2,1-2H3,(H,20,22). The third kappa shape index (κ3) is 3.96. The summed E-state index contributed by atoms with van der Waals surface area (Å²) in [7, 11) is 0. The average Bonchev–Trinajstić information content (AvgIpc) is 3.16. The van der Waals surface area contributed by atoms with E-state index in [0.29, 0.717) is 26.0 Å². The molecule has 0 spiro atoms. The maximum Gasteiger partial charge on any atom is 0.220 e. The third-order valence-corrected chi connectivity index (χ3v) is 4.55. The minimum atomic E-state index is 0.0209. The fraction of sp³-hybridized carbons (Fsp3) is 0.474. The van der Waals surface area contributed by atoms with Gasteiger partial charge in [-0.25, -0.2) is 0 Å². The second-order valence-electron chi connectivity index (χ2n) is 6.29. The molecule has 1 N–H and O–H groups in total. The first kappa shape index (κ1) is 16.6. The summed E-state index contributed by atoms with van der Waals surface area (Å²) >= 11 is 0. The molecule has 0 radical (unpaired) electrons. The summed E-state index contributed by atoms with van der Waals surface area (Å²) in [5.74, 6) is 1.70. The number of benzene rings is 1. The molecule has 5 nitrogen and oxygen atoms in total. The molecule has 2 aromatic rings. The van der Waals surface area contributed by atoms with Crippen LogP contribution >= 0.6 is 0 Å². The summed E-state index contributed by atoms with van der Waals surface area (Å²) in [6.45, 7) is 4.76. The van der Waals surface area contributed by atoms with Gasteiger partial charge in [0, 0.05) is 12.0 Å². The molecule has 1 aliphatic carbocycles. The summed E-state index contributed by atoms with van der Waals surface area (Å²) in [5.41, 5.74) is 4.73. The smallest absolute Gasteiger partial charge is 0.220 e. The number of nitrogens with one attached hydrogen (secondary N) is 1. The summed E-state index contributed by atoms with van der Waals surface area (Å²) in [6, 6.07) is 6.30. The Morgan fingerprint density at radius 1 is 1.29 bits per heavy atom. The van der Waals surface area contributed by atoms with E-state index in [2.05, 4.69) is 22.6 Å². The van der Waals surface area contributed by atoms with Crippen molar-refractivity contribution in [2.75, 3.05) is 13.2 Å². The van der Waals surface area contributed by atoms with Crippen LogP contribution in [0.2, 0.25) is 0 Å². The Labute approximate surface area is 142 Å². The Hall–Kier alpha value is -2.30. The van der Waals surface area contributed by atoms with Crippen LogP contribution in [0, 0.1) is 13.8 Å². The predicted octanol–water partition coefficient (Wildman–Crippen LogP) is 2.91. The molecule has 0 fully saturated rings. The number of aromatic nitrogens is 1. The number of hydrogen-bond donors (Lipinski definition) is 1. The molecule has 1 aromatic heterocycles. The Morgan fingerprint density at radius 3 is 2.92 bits per heavy atom. The highest BCUT2D eigenvalue weighted by atomic mass is 16.5. The Kier molecular flexibility index (Phi) is 5.18. The van der Waals surface area contributed by atoms with Gasteiger partial charge in [-0.2, -0.15) is 0 Å². The van der Waals surface area contributed by atoms with Crippen LogP contribution in [0.4, 0.5) is 0 Å². The van der Waals surface area contributed by atoms with Crippen molar-refractivity contribution >= 4 is 5.91 Å². The normalized spacial score (nSPS) is 12.9. The van der Waals surface area contributed by atoms with E-state index in [9.17, 15) is 4.79 Å². The lowest BCUT2D eigenvalue weighted by Gasteiger charge is -2.09. The van der Waals surface area contributed by atoms with Gasteiger partial charge in [-0.1, -0.05) is 11.2 Å². The van der Waals surface area contributed by atoms with Crippen molar-refractivity contribution in [2.24, 2.45) is 0 Å². The lowest BCUT2D eigenvalue weighted by atomic mass is 10.1. The van der Waals surface area contributed by atoms with Crippen LogP contribution in [0.25, 0.3) is 0 Å². The molecule has 0 atom stereocenters. The van der Waals surface area contributed by atoms with Crippen molar-refractivity contribution < 1.29 is 14.1 Å². The molecule has 0 aliphatic heterocycles. The van der Waals surface area contributed by atoms with E-state index in [0.717, 1.165) is 29.2 Å². The number of rotatable bonds is 7. The fourth-order valence-corrected chi connectivity index (χ4v) is 3.18. The van der Waals surface area contributed by atoms with Crippen molar-refractivity contribution in [1.29, 1.82) is 0 Å². The van der Waals surface area contributed by atoms with E-state index in [1.54, 1.807) is 0 Å². The summed E-state index contributed by atoms with van der Waals surface area (Å²) in [5, 5.41) is 6.79. The number of amides is 1. The molecule has 1 aromatic carbocycles. The van der Waals surface area contributed by atoms with E-state index in [1.807, 2.05) is 19.9 Å². The van der Waals surface area contributed by atoms with Gasteiger partial charge in [-0.3, -0.25) is 4.79 Å². The lowest BCUT2D eigenvalue weighted by molar-refractivity contribution is -0.121. The van der Waals surface area contributed by atoms with Gasteiger partial charge in [0.25, 0.3) is 0 Å². The highest BCUT2D eigenvalue weighted by Crippen LogP contribution is 2.25. The average molecular weight is 328 g/mol. The zero-order chi connectivity index (χ0) is 16.9. The van der Waals surface area contributed by atoms with Crippen LogP contribution in [-0.2, 0) is 24.1 Å². The summed E-state index contributed by atoms with van der Waals surface area (Å²) in [4.78, 5) is 11.9. The third-order valence-electron chi connectivity index (χ3n) is 4.55. The van der Waals surface area contributed by atoms with Gasteiger partial charge < -0.3 is 14.6 Å². The van der Waals surface area contributed by atoms with Crippen molar-refractivity contribution in [2.45, 2.75) is 46.0 Å². The molecule has 5 heteroatoms. The van der Waals surface area contributed by atoms with Gasteiger partial charge >= 0.3 is 0 Å². The van der Waals surface area contributed by atoms with Crippen LogP contribution in [0.15, 0.2) is 22.7 Å². The molecule has 0 saturated heterocycles. The highest BCUT2D eigenvalue weighted by Gasteiger charge is 2.12. The number of hydrogen-bond acceptors (Lipinski definition) is 4. The van der Waals surface area contributed by atoms with E-state index >= 15 is 0 Å². The van der Waals surface area contributed by atoms with Crippen molar-refractivity contribution in [3.63, 3.8) is 0 Å². The zero-order valence-electron chi connectivity index (χ0n) is 14.4. The molecule has 1 amide bonds. The Morgan fingerprint density at radius 2 is 2.12 bits per heavy atom. The first-order valence-corrected chi connectivity index (χ1v) is 8.56. The largest absolute Gasteiger partial charge is 0.492 e. The molecule has 1 aliphatic rings. The van der Waals surface area contributed by atoms with E-state index in [4.69, 9.17) is 9.26 Å². The van der Waals surface area contributed by atoms with Crippen LogP contribution in [-0.4, -0.2) is 24.2 Å². The second-order valence-corrected chi connectivity index (χ2v) is 6.29. The molecule has 0 unspecified atom stereocenters. The lowest BCUT2D eigenvalue weighted by Crippen LogP contribution is -2.28. The molecule has 128 valence electrons. The minimum absolute atomic E-state index is 0.0209. The topological polar surface area (TPSA) is 64.4 Å². The van der Waals surface area contributed by atoms with Gasteiger partial charge in [0.2, 0.25) is 5.91 Å². The zero-order valence-corrected chi connectivity index (χ0v) is 14.4. The first-order valence-electron chi connectivity index (χ1n) is 8.56.